The van der Waals surface area contributed by atoms with Crippen LogP contribution in [0.1, 0.15) is 58.9 Å². The molecule has 1 aliphatic heterocycles. The monoisotopic (exact) mass is 418 g/mol. The molecule has 2 heterocycles. The molecule has 0 saturated heterocycles. The molecule has 0 atom stereocenters. The summed E-state index contributed by atoms with van der Waals surface area (Å²) in [6, 6.07) is 4.96. The van der Waals surface area contributed by atoms with Crippen LogP contribution < -0.4 is 25.8 Å². The van der Waals surface area contributed by atoms with Gasteiger partial charge in [0.1, 0.15) is 22.0 Å². The van der Waals surface area contributed by atoms with Gasteiger partial charge in [-0.05, 0) is 45.4 Å². The maximum absolute atomic E-state index is 13.0. The Morgan fingerprint density at radius 3 is 2.45 bits per heavy atom. The van der Waals surface area contributed by atoms with Crippen LogP contribution in [0.5, 0.6) is 11.5 Å². The molecule has 0 bridgehead atoms. The summed E-state index contributed by atoms with van der Waals surface area (Å²) in [6.07, 6.45) is 0.697. The number of nitrogens with two attached hydrogens (primary N) is 2. The maximum atomic E-state index is 13.0. The van der Waals surface area contributed by atoms with E-state index in [1.807, 2.05) is 0 Å². The first-order valence-electron chi connectivity index (χ1n) is 9.35. The standard InChI is InChI=1S/C21H27N3O4S/c1-20(2)10-13-15(17(22)25)19(29-16(13)21(3,4)24-20)23-18(26)12-8-7-11(27-5)9-14(12)28-6/h7-9,24H,10H2,1-6H3,(H2,22,25)(H,23,26)/p+1. The minimum absolute atomic E-state index is 0.0811. The second kappa shape index (κ2) is 7.35. The predicted molar refractivity (Wildman–Crippen MR) is 113 cm³/mol. The van der Waals surface area contributed by atoms with Crippen molar-refractivity contribution in [1.29, 1.82) is 0 Å². The zero-order valence-electron chi connectivity index (χ0n) is 17.6. The minimum Gasteiger partial charge on any atom is -0.497 e. The molecule has 0 spiro atoms. The van der Waals surface area contributed by atoms with Gasteiger partial charge in [-0.25, -0.2) is 0 Å². The number of nitrogens with one attached hydrogen (secondary N) is 1. The zero-order chi connectivity index (χ0) is 21.6. The van der Waals surface area contributed by atoms with Crippen LogP contribution in [-0.4, -0.2) is 31.6 Å². The lowest BCUT2D eigenvalue weighted by Gasteiger charge is -2.38. The topological polar surface area (TPSA) is 107 Å². The second-order valence-electron chi connectivity index (χ2n) is 8.53. The highest BCUT2D eigenvalue weighted by Crippen LogP contribution is 2.42. The summed E-state index contributed by atoms with van der Waals surface area (Å²) in [5, 5.41) is 5.66. The number of hydrogen-bond donors (Lipinski definition) is 3. The molecule has 1 aromatic heterocycles. The lowest BCUT2D eigenvalue weighted by Crippen LogP contribution is -3.03. The molecule has 5 N–H and O–H groups in total. The number of fused-ring (bicyclic) bond motifs is 1. The molecule has 1 aromatic carbocycles. The number of amides is 2. The van der Waals surface area contributed by atoms with Crippen LogP contribution in [0.25, 0.3) is 0 Å². The number of thiophene rings is 1. The molecule has 0 saturated carbocycles. The number of ether oxygens (including phenoxy) is 2. The van der Waals surface area contributed by atoms with E-state index in [0.717, 1.165) is 10.4 Å². The van der Waals surface area contributed by atoms with Crippen LogP contribution in [-0.2, 0) is 12.0 Å². The van der Waals surface area contributed by atoms with Gasteiger partial charge in [-0.3, -0.25) is 9.59 Å². The molecule has 0 radical (unpaired) electrons. The Morgan fingerprint density at radius 1 is 1.17 bits per heavy atom. The van der Waals surface area contributed by atoms with Crippen molar-refractivity contribution in [2.45, 2.75) is 45.2 Å². The van der Waals surface area contributed by atoms with Crippen LogP contribution >= 0.6 is 11.3 Å². The van der Waals surface area contributed by atoms with Gasteiger partial charge in [-0.1, -0.05) is 0 Å². The van der Waals surface area contributed by atoms with E-state index in [1.54, 1.807) is 25.3 Å². The first-order valence-corrected chi connectivity index (χ1v) is 10.2. The molecule has 8 heteroatoms. The first-order chi connectivity index (χ1) is 13.5. The van der Waals surface area contributed by atoms with Crippen molar-refractivity contribution in [2.75, 3.05) is 19.5 Å². The number of hydrogen-bond acceptors (Lipinski definition) is 5. The molecule has 2 aromatic rings. The zero-order valence-corrected chi connectivity index (χ0v) is 18.5. The summed E-state index contributed by atoms with van der Waals surface area (Å²) in [6.45, 7) is 8.51. The highest BCUT2D eigenvalue weighted by molar-refractivity contribution is 7.17. The first kappa shape index (κ1) is 21.1. The Kier molecular flexibility index (Phi) is 5.36. The van der Waals surface area contributed by atoms with Crippen LogP contribution in [0.2, 0.25) is 0 Å². The molecular weight excluding hydrogens is 390 g/mol. The molecule has 7 nitrogen and oxygen atoms in total. The van der Waals surface area contributed by atoms with Crippen molar-refractivity contribution < 1.29 is 24.4 Å². The fraction of sp³-hybridized carbons (Fsp3) is 0.429. The van der Waals surface area contributed by atoms with Crippen LogP contribution in [0.15, 0.2) is 18.2 Å². The number of carbonyl (C=O) groups excluding carboxylic acids is 2. The quantitative estimate of drug-likeness (QED) is 0.692. The van der Waals surface area contributed by atoms with E-state index in [4.69, 9.17) is 15.2 Å². The minimum atomic E-state index is -0.534. The van der Waals surface area contributed by atoms with Crippen molar-refractivity contribution in [3.63, 3.8) is 0 Å². The van der Waals surface area contributed by atoms with E-state index in [2.05, 4.69) is 38.3 Å². The van der Waals surface area contributed by atoms with Gasteiger partial charge in [0, 0.05) is 12.5 Å². The highest BCUT2D eigenvalue weighted by atomic mass is 32.1. The van der Waals surface area contributed by atoms with E-state index in [0.29, 0.717) is 34.0 Å². The van der Waals surface area contributed by atoms with E-state index >= 15 is 0 Å². The number of primary amides is 1. The van der Waals surface area contributed by atoms with Gasteiger partial charge in [0.25, 0.3) is 11.8 Å². The number of rotatable bonds is 5. The number of benzene rings is 1. The van der Waals surface area contributed by atoms with Crippen LogP contribution in [0, 0.1) is 0 Å². The molecular formula is C21H28N3O4S+. The van der Waals surface area contributed by atoms with Crippen molar-refractivity contribution in [3.8, 4) is 11.5 Å². The van der Waals surface area contributed by atoms with Crippen LogP contribution in [0.4, 0.5) is 5.00 Å². The summed E-state index contributed by atoms with van der Waals surface area (Å²) in [4.78, 5) is 26.4. The predicted octanol–water partition coefficient (Wildman–Crippen LogP) is 2.25. The average Bonchev–Trinajstić information content (AvgIpc) is 2.97. The maximum Gasteiger partial charge on any atom is 0.260 e. The highest BCUT2D eigenvalue weighted by Gasteiger charge is 2.45. The number of quaternary nitrogens is 1. The Bertz CT molecular complexity index is 979. The van der Waals surface area contributed by atoms with Gasteiger partial charge in [0.05, 0.1) is 35.8 Å². The largest absolute Gasteiger partial charge is 0.497 e. The van der Waals surface area contributed by atoms with Crippen molar-refractivity contribution in [2.24, 2.45) is 5.73 Å². The Labute approximate surface area is 174 Å². The van der Waals surface area contributed by atoms with E-state index in [-0.39, 0.29) is 17.0 Å². The van der Waals surface area contributed by atoms with Crippen molar-refractivity contribution in [1.82, 2.24) is 0 Å². The summed E-state index contributed by atoms with van der Waals surface area (Å²) < 4.78 is 10.5. The van der Waals surface area contributed by atoms with Gasteiger partial charge in [-0.2, -0.15) is 0 Å². The third-order valence-electron chi connectivity index (χ3n) is 5.10. The molecule has 3 rings (SSSR count). The Morgan fingerprint density at radius 2 is 1.86 bits per heavy atom. The van der Waals surface area contributed by atoms with Gasteiger partial charge in [-0.15, -0.1) is 11.3 Å². The summed E-state index contributed by atoms with van der Waals surface area (Å²) in [5.74, 6) is 0.0700. The Hall–Kier alpha value is -2.58. The van der Waals surface area contributed by atoms with Gasteiger partial charge in [0.15, 0.2) is 0 Å². The molecule has 29 heavy (non-hydrogen) atoms. The number of anilines is 1. The smallest absolute Gasteiger partial charge is 0.260 e. The van der Waals surface area contributed by atoms with Gasteiger partial charge >= 0.3 is 0 Å². The third-order valence-corrected chi connectivity index (χ3v) is 6.59. The SMILES string of the molecule is COc1ccc(C(=O)Nc2sc3c(c2C(N)=O)CC(C)(C)[NH2+]C3(C)C)c(OC)c1. The summed E-state index contributed by atoms with van der Waals surface area (Å²) in [5.41, 5.74) is 7.10. The van der Waals surface area contributed by atoms with Gasteiger partial charge in [0.2, 0.25) is 0 Å². The Balaban J connectivity index is 2.04. The lowest BCUT2D eigenvalue weighted by atomic mass is 9.81. The molecule has 156 valence electrons. The molecule has 0 unspecified atom stereocenters. The fourth-order valence-corrected chi connectivity index (χ4v) is 5.50. The molecule has 0 aliphatic carbocycles. The molecule has 0 fully saturated rings. The number of carbonyl (C=O) groups is 2. The van der Waals surface area contributed by atoms with Crippen LogP contribution in [0.3, 0.4) is 0 Å². The van der Waals surface area contributed by atoms with Gasteiger partial charge < -0.3 is 25.8 Å². The van der Waals surface area contributed by atoms with E-state index in [1.165, 1.54) is 18.4 Å². The van der Waals surface area contributed by atoms with E-state index in [9.17, 15) is 9.59 Å². The summed E-state index contributed by atoms with van der Waals surface area (Å²) >= 11 is 1.41. The lowest BCUT2D eigenvalue weighted by molar-refractivity contribution is -0.789. The molecule has 1 aliphatic rings. The fourth-order valence-electron chi connectivity index (χ4n) is 4.21. The van der Waals surface area contributed by atoms with Crippen molar-refractivity contribution in [3.05, 3.63) is 39.8 Å². The van der Waals surface area contributed by atoms with Crippen molar-refractivity contribution >= 4 is 28.2 Å². The normalized spacial score (nSPS) is 16.6. The second-order valence-corrected chi connectivity index (χ2v) is 9.55. The van der Waals surface area contributed by atoms with E-state index < -0.39 is 5.91 Å². The summed E-state index contributed by atoms with van der Waals surface area (Å²) in [7, 11) is 3.04. The number of methoxy groups -OCH3 is 2. The third kappa shape index (κ3) is 3.95. The average molecular weight is 419 g/mol. The molecule has 2 amide bonds.